The van der Waals surface area contributed by atoms with Crippen LogP contribution in [0.1, 0.15) is 25.5 Å². The molecule has 2 fully saturated rings. The number of para-hydroxylation sites is 2. The molecule has 0 unspecified atom stereocenters. The van der Waals surface area contributed by atoms with E-state index in [9.17, 15) is 4.79 Å². The summed E-state index contributed by atoms with van der Waals surface area (Å²) in [7, 11) is 0. The minimum Gasteiger partial charge on any atom is -0.381 e. The highest BCUT2D eigenvalue weighted by Crippen LogP contribution is 2.23. The minimum absolute atomic E-state index is 0.0459. The summed E-state index contributed by atoms with van der Waals surface area (Å²) in [5, 5.41) is 7.57. The van der Waals surface area contributed by atoms with Gasteiger partial charge in [0.15, 0.2) is 0 Å². The zero-order valence-corrected chi connectivity index (χ0v) is 16.7. The molecule has 2 amide bonds. The van der Waals surface area contributed by atoms with Crippen molar-refractivity contribution in [1.29, 1.82) is 0 Å². The van der Waals surface area contributed by atoms with Gasteiger partial charge in [-0.15, -0.1) is 0 Å². The number of rotatable bonds is 3. The monoisotopic (exact) mass is 383 g/mol. The highest BCUT2D eigenvalue weighted by atomic mass is 16.5. The Morgan fingerprint density at radius 3 is 2.68 bits per heavy atom. The summed E-state index contributed by atoms with van der Waals surface area (Å²) in [5.41, 5.74) is 2.59. The molecule has 2 aromatic rings. The number of carbonyl (C=O) groups is 1. The number of urea groups is 1. The fourth-order valence-corrected chi connectivity index (χ4v) is 4.18. The molecular formula is C21H29N5O2. The van der Waals surface area contributed by atoms with Gasteiger partial charge in [-0.1, -0.05) is 12.1 Å². The van der Waals surface area contributed by atoms with Crippen molar-refractivity contribution in [3.8, 4) is 5.69 Å². The number of piperazine rings is 1. The Balaban J connectivity index is 1.42. The Labute approximate surface area is 166 Å². The lowest BCUT2D eigenvalue weighted by molar-refractivity contribution is 0.00816. The van der Waals surface area contributed by atoms with Crippen LogP contribution in [0.3, 0.4) is 0 Å². The molecule has 0 bridgehead atoms. The molecule has 150 valence electrons. The van der Waals surface area contributed by atoms with Gasteiger partial charge in [-0.3, -0.25) is 4.90 Å². The summed E-state index contributed by atoms with van der Waals surface area (Å²) in [5.74, 6) is 0. The molecule has 2 aliphatic rings. The van der Waals surface area contributed by atoms with Gasteiger partial charge in [0, 0.05) is 51.1 Å². The lowest BCUT2D eigenvalue weighted by Gasteiger charge is -2.44. The molecule has 2 saturated heterocycles. The van der Waals surface area contributed by atoms with Gasteiger partial charge in [0.25, 0.3) is 0 Å². The number of nitrogens with one attached hydrogen (secondary N) is 1. The number of amides is 2. The zero-order valence-electron chi connectivity index (χ0n) is 16.7. The third-order valence-electron chi connectivity index (χ3n) is 5.74. The van der Waals surface area contributed by atoms with Crippen LogP contribution in [-0.2, 0) is 4.74 Å². The number of anilines is 1. The van der Waals surface area contributed by atoms with Crippen molar-refractivity contribution in [2.45, 2.75) is 38.8 Å². The van der Waals surface area contributed by atoms with Crippen molar-refractivity contribution in [3.05, 3.63) is 42.2 Å². The van der Waals surface area contributed by atoms with Crippen LogP contribution in [0.25, 0.3) is 5.69 Å². The van der Waals surface area contributed by atoms with Gasteiger partial charge >= 0.3 is 6.03 Å². The average molecular weight is 383 g/mol. The molecule has 0 spiro atoms. The Kier molecular flexibility index (Phi) is 5.64. The van der Waals surface area contributed by atoms with Crippen LogP contribution in [0.2, 0.25) is 0 Å². The number of aryl methyl sites for hydroxylation is 1. The normalized spacial score (nSPS) is 21.6. The van der Waals surface area contributed by atoms with E-state index >= 15 is 0 Å². The summed E-state index contributed by atoms with van der Waals surface area (Å²) < 4.78 is 7.29. The van der Waals surface area contributed by atoms with Crippen molar-refractivity contribution >= 4 is 11.7 Å². The lowest BCUT2D eigenvalue weighted by atomic mass is 10.0. The fourth-order valence-electron chi connectivity index (χ4n) is 4.18. The van der Waals surface area contributed by atoms with Gasteiger partial charge in [-0.25, -0.2) is 9.48 Å². The Morgan fingerprint density at radius 1 is 1.18 bits per heavy atom. The second-order valence-corrected chi connectivity index (χ2v) is 7.73. The van der Waals surface area contributed by atoms with Crippen LogP contribution in [0.4, 0.5) is 10.5 Å². The van der Waals surface area contributed by atoms with Crippen molar-refractivity contribution in [2.24, 2.45) is 0 Å². The maximum Gasteiger partial charge on any atom is 0.322 e. The largest absolute Gasteiger partial charge is 0.381 e. The Bertz CT molecular complexity index is 815. The smallest absolute Gasteiger partial charge is 0.322 e. The van der Waals surface area contributed by atoms with Gasteiger partial charge < -0.3 is 15.0 Å². The fraction of sp³-hybridized carbons (Fsp3) is 0.524. The first-order chi connectivity index (χ1) is 13.6. The van der Waals surface area contributed by atoms with Gasteiger partial charge in [0.2, 0.25) is 0 Å². The first-order valence-corrected chi connectivity index (χ1v) is 10.1. The summed E-state index contributed by atoms with van der Waals surface area (Å²) in [4.78, 5) is 17.5. The molecule has 1 atom stereocenters. The number of carbonyl (C=O) groups excluding carboxylic acids is 1. The molecule has 7 nitrogen and oxygen atoms in total. The number of hydrogen-bond donors (Lipinski definition) is 1. The van der Waals surface area contributed by atoms with Crippen LogP contribution in [0.15, 0.2) is 36.5 Å². The van der Waals surface area contributed by atoms with E-state index in [0.717, 1.165) is 62.8 Å². The number of aromatic nitrogens is 2. The molecular weight excluding hydrogens is 354 g/mol. The van der Waals surface area contributed by atoms with Crippen LogP contribution in [-0.4, -0.2) is 70.5 Å². The van der Waals surface area contributed by atoms with Crippen LogP contribution < -0.4 is 5.32 Å². The number of nitrogens with zero attached hydrogens (tertiary/aromatic N) is 4. The highest BCUT2D eigenvalue weighted by Gasteiger charge is 2.31. The van der Waals surface area contributed by atoms with Crippen molar-refractivity contribution in [2.75, 3.05) is 38.2 Å². The molecule has 28 heavy (non-hydrogen) atoms. The Hall–Kier alpha value is -2.38. The molecule has 1 aromatic heterocycles. The first-order valence-electron chi connectivity index (χ1n) is 10.1. The first kappa shape index (κ1) is 19.0. The average Bonchev–Trinajstić information content (AvgIpc) is 3.15. The maximum absolute atomic E-state index is 13.0. The SMILES string of the molecule is Cc1ccn(-c2ccccc2NC(=O)N2CCN(C3CCOCC3)C[C@H]2C)n1. The van der Waals surface area contributed by atoms with E-state index in [2.05, 4.69) is 22.2 Å². The molecule has 0 aliphatic carbocycles. The molecule has 4 rings (SSSR count). The number of benzene rings is 1. The predicted molar refractivity (Wildman–Crippen MR) is 109 cm³/mol. The van der Waals surface area contributed by atoms with E-state index in [1.165, 1.54) is 0 Å². The van der Waals surface area contributed by atoms with Gasteiger partial charge in [0.1, 0.15) is 0 Å². The number of ether oxygens (including phenoxy) is 1. The summed E-state index contributed by atoms with van der Waals surface area (Å²) in [6.45, 7) is 8.37. The molecule has 7 heteroatoms. The molecule has 1 N–H and O–H groups in total. The zero-order chi connectivity index (χ0) is 19.5. The molecule has 3 heterocycles. The van der Waals surface area contributed by atoms with Gasteiger partial charge in [-0.2, -0.15) is 5.10 Å². The van der Waals surface area contributed by atoms with E-state index in [1.807, 2.05) is 48.4 Å². The van der Waals surface area contributed by atoms with Gasteiger partial charge in [0.05, 0.1) is 17.1 Å². The molecule has 0 saturated carbocycles. The molecule has 0 radical (unpaired) electrons. The third kappa shape index (κ3) is 4.05. The van der Waals surface area contributed by atoms with Crippen LogP contribution in [0.5, 0.6) is 0 Å². The second-order valence-electron chi connectivity index (χ2n) is 7.73. The number of hydrogen-bond acceptors (Lipinski definition) is 4. The third-order valence-corrected chi connectivity index (χ3v) is 5.74. The summed E-state index contributed by atoms with van der Waals surface area (Å²) in [6, 6.07) is 10.5. The van der Waals surface area contributed by atoms with Crippen LogP contribution in [0, 0.1) is 6.92 Å². The van der Waals surface area contributed by atoms with E-state index in [4.69, 9.17) is 4.74 Å². The molecule has 2 aliphatic heterocycles. The quantitative estimate of drug-likeness (QED) is 0.885. The maximum atomic E-state index is 13.0. The second kappa shape index (κ2) is 8.32. The van der Waals surface area contributed by atoms with Crippen molar-refractivity contribution in [1.82, 2.24) is 19.6 Å². The molecule has 1 aromatic carbocycles. The van der Waals surface area contributed by atoms with Gasteiger partial charge in [-0.05, 0) is 44.9 Å². The minimum atomic E-state index is -0.0459. The topological polar surface area (TPSA) is 62.6 Å². The van der Waals surface area contributed by atoms with Crippen molar-refractivity contribution in [3.63, 3.8) is 0 Å². The van der Waals surface area contributed by atoms with Crippen LogP contribution >= 0.6 is 0 Å². The highest BCUT2D eigenvalue weighted by molar-refractivity contribution is 5.91. The van der Waals surface area contributed by atoms with E-state index in [1.54, 1.807) is 4.68 Å². The van der Waals surface area contributed by atoms with E-state index < -0.39 is 0 Å². The van der Waals surface area contributed by atoms with E-state index in [0.29, 0.717) is 6.04 Å². The standard InChI is InChI=1S/C21H29N5O2/c1-16-7-10-26(23-16)20-6-4-3-5-19(20)22-21(27)25-12-11-24(15-17(25)2)18-8-13-28-14-9-18/h3-7,10,17-18H,8-9,11-15H2,1-2H3,(H,22,27)/t17-/m1/s1. The van der Waals surface area contributed by atoms with Crippen molar-refractivity contribution < 1.29 is 9.53 Å². The Morgan fingerprint density at radius 2 is 1.96 bits per heavy atom. The summed E-state index contributed by atoms with van der Waals surface area (Å²) >= 11 is 0. The summed E-state index contributed by atoms with van der Waals surface area (Å²) in [6.07, 6.45) is 4.10. The van der Waals surface area contributed by atoms with E-state index in [-0.39, 0.29) is 12.1 Å². The predicted octanol–water partition coefficient (Wildman–Crippen LogP) is 2.90. The lowest BCUT2D eigenvalue weighted by Crippen LogP contribution is -2.58.